The van der Waals surface area contributed by atoms with Gasteiger partial charge < -0.3 is 10.1 Å². The van der Waals surface area contributed by atoms with Gasteiger partial charge >= 0.3 is 5.97 Å². The Balaban J connectivity index is 5.55. The molecular weight excluding hydrogens is 513 g/mol. The SMILES string of the molecule is CCCCCCS(C)(CCCCC)C(=S)SC(CC(C)(C)C(=O)OCCCN=[N+]=[N-])C(=O)NC(C)C. The van der Waals surface area contributed by atoms with E-state index in [2.05, 4.69) is 35.4 Å². The predicted octanol–water partition coefficient (Wildman–Crippen LogP) is 7.76. The standard InChI is InChI=1S/C26H50N4O3S3/c1-8-10-12-14-19-36(7,18-13-11-9-2)25(34)35-22(23(31)29-21(3)4)20-26(5,6)24(32)33-17-15-16-28-30-27/h21-22H,8-20H2,1-7H3,(H,29,31). The van der Waals surface area contributed by atoms with Crippen LogP contribution >= 0.6 is 34.0 Å². The molecule has 0 aromatic carbocycles. The largest absolute Gasteiger partial charge is 0.465 e. The van der Waals surface area contributed by atoms with Gasteiger partial charge in [0.15, 0.2) is 0 Å². The van der Waals surface area contributed by atoms with Gasteiger partial charge in [-0.05, 0) is 76.7 Å². The Labute approximate surface area is 231 Å². The van der Waals surface area contributed by atoms with Crippen LogP contribution in [0.25, 0.3) is 10.4 Å². The van der Waals surface area contributed by atoms with E-state index in [4.69, 9.17) is 22.5 Å². The fourth-order valence-electron chi connectivity index (χ4n) is 3.67. The Morgan fingerprint density at radius 3 is 2.22 bits per heavy atom. The molecule has 0 radical (unpaired) electrons. The Bertz CT molecular complexity index is 727. The van der Waals surface area contributed by atoms with Crippen LogP contribution in [0.15, 0.2) is 5.11 Å². The van der Waals surface area contributed by atoms with Gasteiger partial charge in [0.1, 0.15) is 0 Å². The number of carbonyl (C=O) groups excluding carboxylic acids is 2. The summed E-state index contributed by atoms with van der Waals surface area (Å²) in [6.07, 6.45) is 11.5. The molecule has 0 saturated carbocycles. The third kappa shape index (κ3) is 14.7. The number of amides is 1. The number of ether oxygens (including phenoxy) is 1. The van der Waals surface area contributed by atoms with Gasteiger partial charge in [-0.1, -0.05) is 75.0 Å². The molecule has 36 heavy (non-hydrogen) atoms. The number of unbranched alkanes of at least 4 members (excludes halogenated alkanes) is 5. The molecule has 0 rings (SSSR count). The number of azide groups is 1. The van der Waals surface area contributed by atoms with Crippen LogP contribution in [0.2, 0.25) is 0 Å². The molecule has 0 bridgehead atoms. The van der Waals surface area contributed by atoms with Gasteiger partial charge in [-0.25, -0.2) is 10.0 Å². The second-order valence-electron chi connectivity index (χ2n) is 10.5. The summed E-state index contributed by atoms with van der Waals surface area (Å²) in [5, 5.41) is 6.04. The molecule has 1 N–H and O–H groups in total. The zero-order valence-corrected chi connectivity index (χ0v) is 26.1. The maximum absolute atomic E-state index is 13.2. The van der Waals surface area contributed by atoms with Crippen molar-refractivity contribution in [2.75, 3.05) is 30.9 Å². The van der Waals surface area contributed by atoms with E-state index < -0.39 is 20.7 Å². The Hall–Kier alpha value is -0.960. The molecule has 2 unspecified atom stereocenters. The number of nitrogens with one attached hydrogen (secondary N) is 1. The highest BCUT2D eigenvalue weighted by Gasteiger charge is 2.38. The molecule has 0 fully saturated rings. The molecule has 0 aliphatic carbocycles. The lowest BCUT2D eigenvalue weighted by atomic mass is 9.87. The van der Waals surface area contributed by atoms with Crippen molar-refractivity contribution in [1.29, 1.82) is 0 Å². The first kappa shape index (κ1) is 35.0. The van der Waals surface area contributed by atoms with Crippen molar-refractivity contribution in [1.82, 2.24) is 5.32 Å². The minimum atomic E-state index is -1.17. The lowest BCUT2D eigenvalue weighted by Gasteiger charge is -2.38. The molecule has 0 aromatic heterocycles. The molecule has 0 aliphatic rings. The van der Waals surface area contributed by atoms with Crippen molar-refractivity contribution in [3.8, 4) is 0 Å². The second-order valence-corrected chi connectivity index (χ2v) is 16.7. The van der Waals surface area contributed by atoms with E-state index in [1.165, 1.54) is 50.3 Å². The Morgan fingerprint density at radius 1 is 1.08 bits per heavy atom. The normalized spacial score (nSPS) is 14.9. The van der Waals surface area contributed by atoms with E-state index in [1.54, 1.807) is 0 Å². The van der Waals surface area contributed by atoms with Crippen molar-refractivity contribution < 1.29 is 14.3 Å². The third-order valence-corrected chi connectivity index (χ3v) is 13.0. The minimum Gasteiger partial charge on any atom is -0.465 e. The molecule has 7 nitrogen and oxygen atoms in total. The maximum Gasteiger partial charge on any atom is 0.311 e. The number of carbonyl (C=O) groups is 2. The van der Waals surface area contributed by atoms with Gasteiger partial charge in [-0.15, -0.1) is 0 Å². The molecular formula is C26H50N4O3S3. The Kier molecular flexibility index (Phi) is 18.6. The second kappa shape index (κ2) is 19.2. The summed E-state index contributed by atoms with van der Waals surface area (Å²) < 4.78 is 6.39. The van der Waals surface area contributed by atoms with Crippen LogP contribution < -0.4 is 5.32 Å². The zero-order valence-electron chi connectivity index (χ0n) is 23.6. The van der Waals surface area contributed by atoms with Gasteiger partial charge in [-0.3, -0.25) is 9.59 Å². The van der Waals surface area contributed by atoms with E-state index >= 15 is 0 Å². The highest BCUT2D eigenvalue weighted by Crippen LogP contribution is 2.53. The summed E-state index contributed by atoms with van der Waals surface area (Å²) in [7, 11) is -1.17. The fraction of sp³-hybridized carbons (Fsp3) is 0.885. The van der Waals surface area contributed by atoms with Crippen LogP contribution in [-0.4, -0.2) is 57.6 Å². The first-order valence-electron chi connectivity index (χ1n) is 13.4. The van der Waals surface area contributed by atoms with E-state index in [0.717, 1.165) is 21.5 Å². The molecule has 2 atom stereocenters. The summed E-state index contributed by atoms with van der Waals surface area (Å²) in [5.74, 6) is 1.78. The topological polar surface area (TPSA) is 104 Å². The summed E-state index contributed by atoms with van der Waals surface area (Å²) >= 11 is 7.55. The average Bonchev–Trinajstić information content (AvgIpc) is 2.80. The van der Waals surface area contributed by atoms with Gasteiger partial charge in [0.25, 0.3) is 0 Å². The first-order valence-corrected chi connectivity index (χ1v) is 17.0. The van der Waals surface area contributed by atoms with Crippen LogP contribution in [0.5, 0.6) is 0 Å². The predicted molar refractivity (Wildman–Crippen MR) is 162 cm³/mol. The number of hydrogen-bond donors (Lipinski definition) is 1. The van der Waals surface area contributed by atoms with Gasteiger partial charge in [-0.2, -0.15) is 0 Å². The lowest BCUT2D eigenvalue weighted by molar-refractivity contribution is -0.154. The molecule has 0 aliphatic heterocycles. The molecule has 0 aromatic rings. The van der Waals surface area contributed by atoms with Crippen molar-refractivity contribution in [3.63, 3.8) is 0 Å². The summed E-state index contributed by atoms with van der Waals surface area (Å²) in [6.45, 7) is 12.4. The maximum atomic E-state index is 13.2. The Morgan fingerprint density at radius 2 is 1.67 bits per heavy atom. The van der Waals surface area contributed by atoms with Crippen LogP contribution in [0, 0.1) is 5.41 Å². The van der Waals surface area contributed by atoms with Crippen molar-refractivity contribution in [2.24, 2.45) is 10.5 Å². The average molecular weight is 563 g/mol. The summed E-state index contributed by atoms with van der Waals surface area (Å²) in [5.41, 5.74) is 7.53. The highest BCUT2D eigenvalue weighted by atomic mass is 32.3. The van der Waals surface area contributed by atoms with Crippen LogP contribution in [-0.2, 0) is 14.3 Å². The first-order chi connectivity index (χ1) is 16.9. The number of nitrogens with zero attached hydrogens (tertiary/aromatic N) is 3. The monoisotopic (exact) mass is 562 g/mol. The van der Waals surface area contributed by atoms with Gasteiger partial charge in [0.05, 0.1) is 20.8 Å². The number of thioether (sulfide) groups is 1. The van der Waals surface area contributed by atoms with Crippen LogP contribution in [0.4, 0.5) is 0 Å². The molecule has 0 heterocycles. The van der Waals surface area contributed by atoms with E-state index in [0.29, 0.717) is 12.8 Å². The minimum absolute atomic E-state index is 0.00209. The highest BCUT2D eigenvalue weighted by molar-refractivity contribution is 8.63. The fourth-order valence-corrected chi connectivity index (χ4v) is 9.42. The van der Waals surface area contributed by atoms with Crippen molar-refractivity contribution in [3.05, 3.63) is 10.4 Å². The molecule has 10 heteroatoms. The van der Waals surface area contributed by atoms with Gasteiger partial charge in [0.2, 0.25) is 5.91 Å². The lowest BCUT2D eigenvalue weighted by Crippen LogP contribution is -2.42. The van der Waals surface area contributed by atoms with Crippen LogP contribution in [0.3, 0.4) is 0 Å². The number of rotatable bonds is 19. The number of esters is 1. The molecule has 210 valence electrons. The van der Waals surface area contributed by atoms with Crippen molar-refractivity contribution >= 4 is 49.4 Å². The molecule has 1 amide bonds. The van der Waals surface area contributed by atoms with Crippen molar-refractivity contribution in [2.45, 2.75) is 111 Å². The third-order valence-electron chi connectivity index (χ3n) is 5.96. The summed E-state index contributed by atoms with van der Waals surface area (Å²) in [4.78, 5) is 28.8. The summed E-state index contributed by atoms with van der Waals surface area (Å²) in [6, 6.07) is 0.00209. The quantitative estimate of drug-likeness (QED) is 0.0432. The zero-order chi connectivity index (χ0) is 27.6. The van der Waals surface area contributed by atoms with Gasteiger partial charge in [0, 0.05) is 17.5 Å². The van der Waals surface area contributed by atoms with E-state index in [1.807, 2.05) is 27.7 Å². The van der Waals surface area contributed by atoms with E-state index in [-0.39, 0.29) is 31.1 Å². The number of thiocarbonyl (C=S) groups is 1. The number of hydrogen-bond acceptors (Lipinski definition) is 6. The molecule has 0 spiro atoms. The van der Waals surface area contributed by atoms with Crippen LogP contribution in [0.1, 0.15) is 99.3 Å². The van der Waals surface area contributed by atoms with E-state index in [9.17, 15) is 9.59 Å². The molecule has 0 saturated heterocycles. The smallest absolute Gasteiger partial charge is 0.311 e.